The Morgan fingerprint density at radius 1 is 1.29 bits per heavy atom. The predicted octanol–water partition coefficient (Wildman–Crippen LogP) is 2.90. The molecule has 0 radical (unpaired) electrons. The van der Waals surface area contributed by atoms with Crippen LogP contribution in [0.25, 0.3) is 0 Å². The highest BCUT2D eigenvalue weighted by atomic mass is 16.4. The molecule has 1 heterocycles. The molecule has 1 aromatic heterocycles. The van der Waals surface area contributed by atoms with Crippen LogP contribution in [0.15, 0.2) is 40.8 Å². The maximum atomic E-state index is 10.6. The first-order chi connectivity index (χ1) is 8.16. The number of benzene rings is 1. The molecule has 0 atom stereocenters. The lowest BCUT2D eigenvalue weighted by Crippen LogP contribution is -2.00. The van der Waals surface area contributed by atoms with Gasteiger partial charge in [-0.3, -0.25) is 0 Å². The van der Waals surface area contributed by atoms with Gasteiger partial charge in [0.1, 0.15) is 5.76 Å². The van der Waals surface area contributed by atoms with E-state index in [2.05, 4.69) is 5.32 Å². The standard InChI is InChI=1S/C13H13NO3/c1-9-4-2-3-5-11(9)14-8-10-6-7-12(17-10)13(15)16/h2-7,14H,8H2,1H3,(H,15,16). The van der Waals surface area contributed by atoms with Crippen molar-refractivity contribution in [3.05, 3.63) is 53.5 Å². The van der Waals surface area contributed by atoms with Crippen molar-refractivity contribution in [1.29, 1.82) is 0 Å². The number of para-hydroxylation sites is 1. The molecule has 4 heteroatoms. The van der Waals surface area contributed by atoms with Crippen LogP contribution in [-0.2, 0) is 6.54 Å². The van der Waals surface area contributed by atoms with E-state index in [0.717, 1.165) is 11.3 Å². The Bertz CT molecular complexity index is 531. The minimum absolute atomic E-state index is 0.0356. The molecule has 0 aliphatic rings. The van der Waals surface area contributed by atoms with E-state index in [-0.39, 0.29) is 5.76 Å². The smallest absolute Gasteiger partial charge is 0.371 e. The summed E-state index contributed by atoms with van der Waals surface area (Å²) in [7, 11) is 0. The van der Waals surface area contributed by atoms with Gasteiger partial charge in [-0.15, -0.1) is 0 Å². The van der Waals surface area contributed by atoms with Gasteiger partial charge in [0, 0.05) is 5.69 Å². The third-order valence-corrected chi connectivity index (χ3v) is 2.47. The molecule has 2 rings (SSSR count). The summed E-state index contributed by atoms with van der Waals surface area (Å²) < 4.78 is 5.14. The van der Waals surface area contributed by atoms with Crippen LogP contribution in [0.2, 0.25) is 0 Å². The largest absolute Gasteiger partial charge is 0.475 e. The van der Waals surface area contributed by atoms with Gasteiger partial charge in [0.15, 0.2) is 0 Å². The molecule has 2 aromatic rings. The zero-order valence-electron chi connectivity index (χ0n) is 9.43. The van der Waals surface area contributed by atoms with E-state index < -0.39 is 5.97 Å². The lowest BCUT2D eigenvalue weighted by Gasteiger charge is -2.07. The highest BCUT2D eigenvalue weighted by Gasteiger charge is 2.08. The molecule has 0 saturated carbocycles. The molecule has 0 spiro atoms. The van der Waals surface area contributed by atoms with Crippen LogP contribution in [0.3, 0.4) is 0 Å². The SMILES string of the molecule is Cc1ccccc1NCc1ccc(C(=O)O)o1. The summed E-state index contributed by atoms with van der Waals surface area (Å²) in [5.74, 6) is -0.482. The second-order valence-electron chi connectivity index (χ2n) is 3.74. The zero-order chi connectivity index (χ0) is 12.3. The van der Waals surface area contributed by atoms with Gasteiger partial charge in [-0.2, -0.15) is 0 Å². The fourth-order valence-electron chi connectivity index (χ4n) is 1.54. The fraction of sp³-hybridized carbons (Fsp3) is 0.154. The third kappa shape index (κ3) is 2.66. The molecule has 0 fully saturated rings. The lowest BCUT2D eigenvalue weighted by atomic mass is 10.2. The van der Waals surface area contributed by atoms with Crippen LogP contribution < -0.4 is 5.32 Å². The second kappa shape index (κ2) is 4.74. The van der Waals surface area contributed by atoms with Crippen molar-refractivity contribution in [3.8, 4) is 0 Å². The van der Waals surface area contributed by atoms with Crippen molar-refractivity contribution >= 4 is 11.7 Å². The highest BCUT2D eigenvalue weighted by Crippen LogP contribution is 2.15. The van der Waals surface area contributed by atoms with Crippen molar-refractivity contribution in [2.75, 3.05) is 5.32 Å². The summed E-state index contributed by atoms with van der Waals surface area (Å²) in [6, 6.07) is 11.0. The first-order valence-corrected chi connectivity index (χ1v) is 5.28. The molecule has 1 aromatic carbocycles. The third-order valence-electron chi connectivity index (χ3n) is 2.47. The van der Waals surface area contributed by atoms with E-state index in [0.29, 0.717) is 12.3 Å². The number of rotatable bonds is 4. The van der Waals surface area contributed by atoms with Gasteiger partial charge >= 0.3 is 5.97 Å². The monoisotopic (exact) mass is 231 g/mol. The molecule has 2 N–H and O–H groups in total. The summed E-state index contributed by atoms with van der Waals surface area (Å²) in [5.41, 5.74) is 2.15. The summed E-state index contributed by atoms with van der Waals surface area (Å²) in [4.78, 5) is 10.6. The van der Waals surface area contributed by atoms with Crippen LogP contribution in [0.4, 0.5) is 5.69 Å². The summed E-state index contributed by atoms with van der Waals surface area (Å²) >= 11 is 0. The quantitative estimate of drug-likeness (QED) is 0.849. The lowest BCUT2D eigenvalue weighted by molar-refractivity contribution is 0.0660. The van der Waals surface area contributed by atoms with Crippen molar-refractivity contribution in [3.63, 3.8) is 0 Å². The summed E-state index contributed by atoms with van der Waals surface area (Å²) in [5, 5.41) is 11.9. The number of carboxylic acids is 1. The first kappa shape index (κ1) is 11.3. The number of carbonyl (C=O) groups is 1. The van der Waals surface area contributed by atoms with Crippen LogP contribution >= 0.6 is 0 Å². The van der Waals surface area contributed by atoms with E-state index in [9.17, 15) is 4.79 Å². The maximum absolute atomic E-state index is 10.6. The Kier molecular flexibility index (Phi) is 3.14. The average molecular weight is 231 g/mol. The number of hydrogen-bond donors (Lipinski definition) is 2. The van der Waals surface area contributed by atoms with Crippen molar-refractivity contribution in [1.82, 2.24) is 0 Å². The zero-order valence-corrected chi connectivity index (χ0v) is 9.43. The molecule has 0 aliphatic carbocycles. The van der Waals surface area contributed by atoms with Crippen LogP contribution in [0.5, 0.6) is 0 Å². The van der Waals surface area contributed by atoms with Crippen LogP contribution in [-0.4, -0.2) is 11.1 Å². The number of nitrogens with one attached hydrogen (secondary N) is 1. The van der Waals surface area contributed by atoms with Crippen molar-refractivity contribution in [2.45, 2.75) is 13.5 Å². The summed E-state index contributed by atoms with van der Waals surface area (Å²) in [6.07, 6.45) is 0. The van der Waals surface area contributed by atoms with Gasteiger partial charge in [0.2, 0.25) is 5.76 Å². The van der Waals surface area contributed by atoms with E-state index in [1.807, 2.05) is 31.2 Å². The Labute approximate surface area is 98.9 Å². The fourth-order valence-corrected chi connectivity index (χ4v) is 1.54. The minimum atomic E-state index is -1.05. The molecule has 4 nitrogen and oxygen atoms in total. The Morgan fingerprint density at radius 3 is 2.71 bits per heavy atom. The molecule has 0 saturated heterocycles. The normalized spacial score (nSPS) is 10.2. The van der Waals surface area contributed by atoms with Gasteiger partial charge in [-0.25, -0.2) is 4.79 Å². The molecule has 0 bridgehead atoms. The number of anilines is 1. The molecular formula is C13H13NO3. The summed E-state index contributed by atoms with van der Waals surface area (Å²) in [6.45, 7) is 2.48. The predicted molar refractivity (Wildman–Crippen MR) is 64.2 cm³/mol. The number of furan rings is 1. The van der Waals surface area contributed by atoms with E-state index in [1.54, 1.807) is 6.07 Å². The molecule has 0 aliphatic heterocycles. The van der Waals surface area contributed by atoms with Gasteiger partial charge in [0.05, 0.1) is 6.54 Å². The van der Waals surface area contributed by atoms with Crippen LogP contribution in [0.1, 0.15) is 21.9 Å². The number of aryl methyl sites for hydroxylation is 1. The maximum Gasteiger partial charge on any atom is 0.371 e. The molecular weight excluding hydrogens is 218 g/mol. The molecule has 0 amide bonds. The van der Waals surface area contributed by atoms with Crippen molar-refractivity contribution < 1.29 is 14.3 Å². The van der Waals surface area contributed by atoms with Crippen molar-refractivity contribution in [2.24, 2.45) is 0 Å². The van der Waals surface area contributed by atoms with Crippen LogP contribution in [0, 0.1) is 6.92 Å². The minimum Gasteiger partial charge on any atom is -0.475 e. The number of aromatic carboxylic acids is 1. The van der Waals surface area contributed by atoms with E-state index in [1.165, 1.54) is 6.07 Å². The first-order valence-electron chi connectivity index (χ1n) is 5.28. The molecule has 0 unspecified atom stereocenters. The number of carboxylic acid groups (broad SMARTS) is 1. The number of hydrogen-bond acceptors (Lipinski definition) is 3. The van der Waals surface area contributed by atoms with E-state index >= 15 is 0 Å². The van der Waals surface area contributed by atoms with Gasteiger partial charge in [-0.05, 0) is 30.7 Å². The average Bonchev–Trinajstić information content (AvgIpc) is 2.77. The Morgan fingerprint density at radius 2 is 2.06 bits per heavy atom. The topological polar surface area (TPSA) is 62.5 Å². The van der Waals surface area contributed by atoms with E-state index in [4.69, 9.17) is 9.52 Å². The molecule has 88 valence electrons. The van der Waals surface area contributed by atoms with Gasteiger partial charge in [0.25, 0.3) is 0 Å². The molecule has 17 heavy (non-hydrogen) atoms. The highest BCUT2D eigenvalue weighted by molar-refractivity contribution is 5.84. The van der Waals surface area contributed by atoms with Gasteiger partial charge in [-0.1, -0.05) is 18.2 Å². The Hall–Kier alpha value is -2.23. The second-order valence-corrected chi connectivity index (χ2v) is 3.74. The van der Waals surface area contributed by atoms with Gasteiger partial charge < -0.3 is 14.8 Å². The Balaban J connectivity index is 2.02.